The number of carbonyl (C=O) groups is 2. The minimum Gasteiger partial charge on any atom is -0.466 e. The highest BCUT2D eigenvalue weighted by Crippen LogP contribution is 2.24. The molecule has 19 heavy (non-hydrogen) atoms. The van der Waals surface area contributed by atoms with Crippen molar-refractivity contribution in [1.29, 1.82) is 0 Å². The molecular weight excluding hydrogens is 268 g/mol. The average molecular weight is 278 g/mol. The molecule has 0 spiro atoms. The van der Waals surface area contributed by atoms with Crippen LogP contribution in [0.5, 0.6) is 0 Å². The second kappa shape index (κ2) is 6.05. The average Bonchev–Trinajstić information content (AvgIpc) is 2.94. The van der Waals surface area contributed by atoms with Crippen molar-refractivity contribution in [3.63, 3.8) is 0 Å². The molecule has 2 aromatic rings. The van der Waals surface area contributed by atoms with Gasteiger partial charge in [0.25, 0.3) is 0 Å². The first-order valence-electron chi connectivity index (χ1n) is 5.34. The molecule has 0 aliphatic heterocycles. The van der Waals surface area contributed by atoms with Gasteiger partial charge in [0.1, 0.15) is 5.69 Å². The van der Waals surface area contributed by atoms with Gasteiger partial charge in [0, 0.05) is 5.56 Å². The van der Waals surface area contributed by atoms with Crippen LogP contribution in [0.25, 0.3) is 11.3 Å². The van der Waals surface area contributed by atoms with E-state index in [1.165, 1.54) is 7.11 Å². The summed E-state index contributed by atoms with van der Waals surface area (Å²) in [5.74, 6) is -1.26. The monoisotopic (exact) mass is 278 g/mol. The van der Waals surface area contributed by atoms with Crippen LogP contribution >= 0.6 is 11.5 Å². The van der Waals surface area contributed by atoms with E-state index in [1.807, 2.05) is 30.3 Å². The van der Waals surface area contributed by atoms with E-state index in [-0.39, 0.29) is 4.88 Å². The van der Waals surface area contributed by atoms with Crippen molar-refractivity contribution in [2.24, 2.45) is 0 Å². The zero-order valence-corrected chi connectivity index (χ0v) is 10.8. The molecule has 2 rings (SSSR count). The summed E-state index contributed by atoms with van der Waals surface area (Å²) >= 11 is 0.924. The number of nitrogens with zero attached hydrogens (tertiary/aromatic N) is 2. The van der Waals surface area contributed by atoms with Gasteiger partial charge in [-0.3, -0.25) is 0 Å². The molecule has 98 valence electrons. The van der Waals surface area contributed by atoms with Crippen LogP contribution in [0.3, 0.4) is 0 Å². The summed E-state index contributed by atoms with van der Waals surface area (Å²) in [5, 5.41) is 3.91. The molecule has 0 amide bonds. The molecule has 0 aliphatic carbocycles. The second-order valence-electron chi connectivity index (χ2n) is 3.47. The van der Waals surface area contributed by atoms with E-state index in [1.54, 1.807) is 0 Å². The van der Waals surface area contributed by atoms with Crippen molar-refractivity contribution in [2.45, 2.75) is 0 Å². The number of hydrogen-bond acceptors (Lipinski definition) is 7. The molecule has 0 N–H and O–H groups in total. The maximum absolute atomic E-state index is 11.8. The van der Waals surface area contributed by atoms with Crippen LogP contribution < -0.4 is 0 Å². The Morgan fingerprint density at radius 2 is 2.00 bits per heavy atom. The number of benzene rings is 1. The molecule has 0 atom stereocenters. The van der Waals surface area contributed by atoms with Crippen molar-refractivity contribution in [3.05, 3.63) is 35.2 Å². The summed E-state index contributed by atoms with van der Waals surface area (Å²) in [5.41, 5.74) is 1.21. The topological polar surface area (TPSA) is 78.4 Å². The van der Waals surface area contributed by atoms with Crippen molar-refractivity contribution in [3.8, 4) is 11.3 Å². The third-order valence-corrected chi connectivity index (χ3v) is 2.98. The first kappa shape index (κ1) is 13.2. The number of aromatic nitrogens is 2. The molecule has 6 nitrogen and oxygen atoms in total. The van der Waals surface area contributed by atoms with E-state index in [0.29, 0.717) is 5.69 Å². The Kier molecular flexibility index (Phi) is 4.19. The van der Waals surface area contributed by atoms with Crippen molar-refractivity contribution in [2.75, 3.05) is 13.7 Å². The molecule has 1 heterocycles. The highest BCUT2D eigenvalue weighted by Gasteiger charge is 2.20. The van der Waals surface area contributed by atoms with Gasteiger partial charge in [-0.1, -0.05) is 34.8 Å². The number of rotatable bonds is 4. The molecule has 0 bridgehead atoms. The number of methoxy groups -OCH3 is 1. The summed E-state index contributed by atoms with van der Waals surface area (Å²) in [4.78, 5) is 23.0. The van der Waals surface area contributed by atoms with E-state index in [4.69, 9.17) is 4.74 Å². The van der Waals surface area contributed by atoms with Crippen LogP contribution in [-0.2, 0) is 14.3 Å². The summed E-state index contributed by atoms with van der Waals surface area (Å²) in [7, 11) is 1.22. The Morgan fingerprint density at radius 1 is 1.26 bits per heavy atom. The molecule has 1 aromatic heterocycles. The predicted octanol–water partition coefficient (Wildman–Crippen LogP) is 1.53. The van der Waals surface area contributed by atoms with Gasteiger partial charge in [0.05, 0.1) is 7.11 Å². The van der Waals surface area contributed by atoms with Crippen molar-refractivity contribution < 1.29 is 19.1 Å². The SMILES string of the molecule is COC(=O)COC(=O)c1snnc1-c1ccccc1. The molecule has 0 unspecified atom stereocenters. The first-order chi connectivity index (χ1) is 9.22. The molecule has 7 heteroatoms. The van der Waals surface area contributed by atoms with Crippen LogP contribution in [0, 0.1) is 0 Å². The third kappa shape index (κ3) is 3.14. The quantitative estimate of drug-likeness (QED) is 0.789. The van der Waals surface area contributed by atoms with Crippen LogP contribution in [0.4, 0.5) is 0 Å². The number of carbonyl (C=O) groups excluding carboxylic acids is 2. The van der Waals surface area contributed by atoms with Gasteiger partial charge in [-0.15, -0.1) is 5.10 Å². The predicted molar refractivity (Wildman–Crippen MR) is 67.6 cm³/mol. The molecule has 0 aliphatic rings. The summed E-state index contributed by atoms with van der Waals surface area (Å²) < 4.78 is 12.9. The van der Waals surface area contributed by atoms with E-state index in [2.05, 4.69) is 14.3 Å². The first-order valence-corrected chi connectivity index (χ1v) is 6.11. The lowest BCUT2D eigenvalue weighted by Gasteiger charge is -2.02. The fourth-order valence-corrected chi connectivity index (χ4v) is 1.94. The van der Waals surface area contributed by atoms with Crippen molar-refractivity contribution in [1.82, 2.24) is 9.59 Å². The maximum atomic E-state index is 11.8. The van der Waals surface area contributed by atoms with E-state index in [9.17, 15) is 9.59 Å². The lowest BCUT2D eigenvalue weighted by molar-refractivity contribution is -0.144. The Morgan fingerprint density at radius 3 is 2.68 bits per heavy atom. The second-order valence-corrected chi connectivity index (χ2v) is 4.22. The highest BCUT2D eigenvalue weighted by atomic mass is 32.1. The Hall–Kier alpha value is -2.28. The normalized spacial score (nSPS) is 9.95. The zero-order chi connectivity index (χ0) is 13.7. The lowest BCUT2D eigenvalue weighted by atomic mass is 10.1. The molecule has 0 saturated heterocycles. The molecule has 0 fully saturated rings. The lowest BCUT2D eigenvalue weighted by Crippen LogP contribution is -2.14. The number of ether oxygens (including phenoxy) is 2. The smallest absolute Gasteiger partial charge is 0.352 e. The zero-order valence-electron chi connectivity index (χ0n) is 10.0. The van der Waals surface area contributed by atoms with Crippen LogP contribution in [0.15, 0.2) is 30.3 Å². The number of esters is 2. The summed E-state index contributed by atoms with van der Waals surface area (Å²) in [6.07, 6.45) is 0. The Labute approximate surface area is 113 Å². The fourth-order valence-electron chi connectivity index (χ4n) is 1.36. The fraction of sp³-hybridized carbons (Fsp3) is 0.167. The van der Waals surface area contributed by atoms with E-state index < -0.39 is 18.5 Å². The van der Waals surface area contributed by atoms with Gasteiger partial charge < -0.3 is 9.47 Å². The third-order valence-electron chi connectivity index (χ3n) is 2.27. The van der Waals surface area contributed by atoms with Gasteiger partial charge in [0.2, 0.25) is 0 Å². The van der Waals surface area contributed by atoms with Gasteiger partial charge in [-0.2, -0.15) is 0 Å². The Balaban J connectivity index is 2.16. The van der Waals surface area contributed by atoms with E-state index >= 15 is 0 Å². The highest BCUT2D eigenvalue weighted by molar-refractivity contribution is 7.08. The van der Waals surface area contributed by atoms with Crippen molar-refractivity contribution >= 4 is 23.5 Å². The molecule has 0 saturated carbocycles. The maximum Gasteiger partial charge on any atom is 0.352 e. The summed E-state index contributed by atoms with van der Waals surface area (Å²) in [6, 6.07) is 9.15. The minimum atomic E-state index is -0.640. The van der Waals surface area contributed by atoms with Gasteiger partial charge >= 0.3 is 11.9 Å². The molecule has 1 aromatic carbocycles. The molecular formula is C12H10N2O4S. The van der Waals surface area contributed by atoms with Crippen LogP contribution in [0.1, 0.15) is 9.67 Å². The Bertz CT molecular complexity index is 582. The molecule has 0 radical (unpaired) electrons. The van der Waals surface area contributed by atoms with Gasteiger partial charge in [0.15, 0.2) is 11.5 Å². The summed E-state index contributed by atoms with van der Waals surface area (Å²) in [6.45, 7) is -0.429. The van der Waals surface area contributed by atoms with E-state index in [0.717, 1.165) is 17.1 Å². The number of hydrogen-bond donors (Lipinski definition) is 0. The largest absolute Gasteiger partial charge is 0.466 e. The minimum absolute atomic E-state index is 0.259. The van der Waals surface area contributed by atoms with Gasteiger partial charge in [-0.25, -0.2) is 9.59 Å². The van der Waals surface area contributed by atoms with Crippen LogP contribution in [0.2, 0.25) is 0 Å². The van der Waals surface area contributed by atoms with Crippen LogP contribution in [-0.4, -0.2) is 35.2 Å². The standard InChI is InChI=1S/C12H10N2O4S/c1-17-9(15)7-18-12(16)11-10(13-14-19-11)8-5-3-2-4-6-8/h2-6H,7H2,1H3. The van der Waals surface area contributed by atoms with Gasteiger partial charge in [-0.05, 0) is 11.5 Å².